The lowest BCUT2D eigenvalue weighted by Crippen LogP contribution is -2.29. The van der Waals surface area contributed by atoms with Crippen LogP contribution in [-0.4, -0.2) is 19.7 Å². The number of rotatable bonds is 4. The lowest BCUT2D eigenvalue weighted by molar-refractivity contribution is 0.414. The summed E-state index contributed by atoms with van der Waals surface area (Å²) >= 11 is 0. The molecule has 0 radical (unpaired) electrons. The van der Waals surface area contributed by atoms with E-state index in [0.717, 1.165) is 12.3 Å². The lowest BCUT2D eigenvalue weighted by Gasteiger charge is -2.21. The van der Waals surface area contributed by atoms with Gasteiger partial charge >= 0.3 is 0 Å². The van der Waals surface area contributed by atoms with Crippen molar-refractivity contribution >= 4 is 0 Å². The summed E-state index contributed by atoms with van der Waals surface area (Å²) in [5, 5.41) is 3.62. The molecule has 1 N–H and O–H groups in total. The average molecular weight is 247 g/mol. The Hall–Kier alpha value is -1.02. The summed E-state index contributed by atoms with van der Waals surface area (Å²) in [7, 11) is 1.72. The summed E-state index contributed by atoms with van der Waals surface area (Å²) in [5.74, 6) is 1.66. The fourth-order valence-electron chi connectivity index (χ4n) is 3.01. The molecule has 1 aliphatic rings. The van der Waals surface area contributed by atoms with Gasteiger partial charge in [0.05, 0.1) is 7.11 Å². The predicted molar refractivity (Wildman–Crippen MR) is 76.3 cm³/mol. The molecule has 1 saturated carbocycles. The minimum atomic E-state index is 0.699. The van der Waals surface area contributed by atoms with Gasteiger partial charge in [-0.25, -0.2) is 0 Å². The first-order valence-electron chi connectivity index (χ1n) is 7.20. The van der Waals surface area contributed by atoms with Crippen molar-refractivity contribution < 1.29 is 4.74 Å². The van der Waals surface area contributed by atoms with E-state index in [0.29, 0.717) is 12.0 Å². The normalized spacial score (nSPS) is 24.6. The zero-order valence-corrected chi connectivity index (χ0v) is 11.6. The number of nitrogens with one attached hydrogen (secondary N) is 1. The third kappa shape index (κ3) is 3.49. The Morgan fingerprint density at radius 1 is 1.17 bits per heavy atom. The van der Waals surface area contributed by atoms with E-state index in [1.807, 2.05) is 0 Å². The Bertz CT molecular complexity index is 347. The van der Waals surface area contributed by atoms with Crippen LogP contribution in [0.4, 0.5) is 0 Å². The second kappa shape index (κ2) is 6.79. The van der Waals surface area contributed by atoms with E-state index in [1.165, 1.54) is 37.7 Å². The van der Waals surface area contributed by atoms with Gasteiger partial charge in [-0.05, 0) is 49.4 Å². The van der Waals surface area contributed by atoms with Gasteiger partial charge < -0.3 is 10.1 Å². The molecule has 2 atom stereocenters. The fourth-order valence-corrected chi connectivity index (χ4v) is 3.01. The molecule has 0 heterocycles. The number of methoxy groups -OCH3 is 1. The number of hydrogen-bond donors (Lipinski definition) is 1. The van der Waals surface area contributed by atoms with E-state index >= 15 is 0 Å². The van der Waals surface area contributed by atoms with Crippen LogP contribution in [0.3, 0.4) is 0 Å². The van der Waals surface area contributed by atoms with Crippen molar-refractivity contribution in [3.05, 3.63) is 29.8 Å². The van der Waals surface area contributed by atoms with E-state index in [9.17, 15) is 0 Å². The van der Waals surface area contributed by atoms with Gasteiger partial charge in [-0.15, -0.1) is 0 Å². The van der Waals surface area contributed by atoms with Gasteiger partial charge in [-0.1, -0.05) is 31.9 Å². The van der Waals surface area contributed by atoms with Crippen molar-refractivity contribution in [3.8, 4) is 5.75 Å². The highest BCUT2D eigenvalue weighted by molar-refractivity contribution is 5.29. The third-order valence-corrected chi connectivity index (χ3v) is 4.00. The van der Waals surface area contributed by atoms with Crippen LogP contribution in [0.25, 0.3) is 0 Å². The highest BCUT2D eigenvalue weighted by Crippen LogP contribution is 2.32. The molecule has 0 bridgehead atoms. The van der Waals surface area contributed by atoms with E-state index < -0.39 is 0 Å². The van der Waals surface area contributed by atoms with Crippen LogP contribution in [0.15, 0.2) is 24.3 Å². The molecule has 1 aromatic rings. The molecule has 0 saturated heterocycles. The van der Waals surface area contributed by atoms with Crippen molar-refractivity contribution in [3.63, 3.8) is 0 Å². The Labute approximate surface area is 111 Å². The first kappa shape index (κ1) is 13.4. The summed E-state index contributed by atoms with van der Waals surface area (Å²) in [6.07, 6.45) is 6.66. The van der Waals surface area contributed by atoms with Gasteiger partial charge in [-0.3, -0.25) is 0 Å². The standard InChI is InChI=1S/C16H25NO/c1-3-17-15-7-5-4-6-14(12-15)13-8-10-16(18-2)11-9-13/h8-11,14-15,17H,3-7,12H2,1-2H3. The molecule has 2 rings (SSSR count). The maximum Gasteiger partial charge on any atom is 0.118 e. The average Bonchev–Trinajstić information content (AvgIpc) is 2.65. The van der Waals surface area contributed by atoms with E-state index in [2.05, 4.69) is 36.5 Å². The van der Waals surface area contributed by atoms with Gasteiger partial charge in [0.15, 0.2) is 0 Å². The molecule has 2 heteroatoms. The second-order valence-electron chi connectivity index (χ2n) is 5.24. The largest absolute Gasteiger partial charge is 0.497 e. The van der Waals surface area contributed by atoms with Crippen molar-refractivity contribution in [2.24, 2.45) is 0 Å². The topological polar surface area (TPSA) is 21.3 Å². The monoisotopic (exact) mass is 247 g/mol. The molecule has 0 aliphatic heterocycles. The fraction of sp³-hybridized carbons (Fsp3) is 0.625. The molecule has 1 fully saturated rings. The van der Waals surface area contributed by atoms with Gasteiger partial charge in [0.1, 0.15) is 5.75 Å². The molecule has 2 unspecified atom stereocenters. The van der Waals surface area contributed by atoms with Gasteiger partial charge in [0, 0.05) is 6.04 Å². The molecule has 0 aromatic heterocycles. The third-order valence-electron chi connectivity index (χ3n) is 4.00. The maximum atomic E-state index is 5.23. The van der Waals surface area contributed by atoms with Crippen LogP contribution < -0.4 is 10.1 Å². The van der Waals surface area contributed by atoms with Crippen LogP contribution in [0.2, 0.25) is 0 Å². The maximum absolute atomic E-state index is 5.23. The minimum absolute atomic E-state index is 0.699. The van der Waals surface area contributed by atoms with Gasteiger partial charge in [0.25, 0.3) is 0 Å². The molecule has 1 aliphatic carbocycles. The molecule has 2 nitrogen and oxygen atoms in total. The molecule has 0 amide bonds. The molecule has 1 aromatic carbocycles. The molecular weight excluding hydrogens is 222 g/mol. The highest BCUT2D eigenvalue weighted by Gasteiger charge is 2.20. The van der Waals surface area contributed by atoms with Crippen LogP contribution in [0.1, 0.15) is 50.5 Å². The van der Waals surface area contributed by atoms with Crippen molar-refractivity contribution in [2.75, 3.05) is 13.7 Å². The minimum Gasteiger partial charge on any atom is -0.497 e. The summed E-state index contributed by atoms with van der Waals surface area (Å²) in [4.78, 5) is 0. The van der Waals surface area contributed by atoms with Crippen LogP contribution >= 0.6 is 0 Å². The second-order valence-corrected chi connectivity index (χ2v) is 5.24. The molecule has 0 spiro atoms. The first-order valence-corrected chi connectivity index (χ1v) is 7.20. The number of benzene rings is 1. The summed E-state index contributed by atoms with van der Waals surface area (Å²) in [5.41, 5.74) is 1.47. The summed E-state index contributed by atoms with van der Waals surface area (Å²) in [6, 6.07) is 9.34. The van der Waals surface area contributed by atoms with Gasteiger partial charge in [0.2, 0.25) is 0 Å². The zero-order valence-electron chi connectivity index (χ0n) is 11.6. The van der Waals surface area contributed by atoms with Crippen molar-refractivity contribution in [2.45, 2.75) is 51.0 Å². The van der Waals surface area contributed by atoms with E-state index in [4.69, 9.17) is 4.74 Å². The molecule has 18 heavy (non-hydrogen) atoms. The Kier molecular flexibility index (Phi) is 5.06. The Balaban J connectivity index is 2.04. The SMILES string of the molecule is CCNC1CCCCC(c2ccc(OC)cc2)C1. The predicted octanol–water partition coefficient (Wildman–Crippen LogP) is 3.72. The zero-order chi connectivity index (χ0) is 12.8. The van der Waals surface area contributed by atoms with Crippen molar-refractivity contribution in [1.29, 1.82) is 0 Å². The Morgan fingerprint density at radius 2 is 1.89 bits per heavy atom. The summed E-state index contributed by atoms with van der Waals surface area (Å²) in [6.45, 7) is 3.28. The van der Waals surface area contributed by atoms with Crippen LogP contribution in [-0.2, 0) is 0 Å². The van der Waals surface area contributed by atoms with Crippen molar-refractivity contribution in [1.82, 2.24) is 5.32 Å². The number of hydrogen-bond acceptors (Lipinski definition) is 2. The van der Waals surface area contributed by atoms with E-state index in [-0.39, 0.29) is 0 Å². The van der Waals surface area contributed by atoms with E-state index in [1.54, 1.807) is 7.11 Å². The highest BCUT2D eigenvalue weighted by atomic mass is 16.5. The molecular formula is C16H25NO. The Morgan fingerprint density at radius 3 is 2.56 bits per heavy atom. The van der Waals surface area contributed by atoms with Crippen LogP contribution in [0.5, 0.6) is 5.75 Å². The summed E-state index contributed by atoms with van der Waals surface area (Å²) < 4.78 is 5.23. The quantitative estimate of drug-likeness (QED) is 0.819. The van der Waals surface area contributed by atoms with Gasteiger partial charge in [-0.2, -0.15) is 0 Å². The lowest BCUT2D eigenvalue weighted by atomic mass is 9.90. The number of ether oxygens (including phenoxy) is 1. The first-order chi connectivity index (χ1) is 8.83. The molecule has 100 valence electrons. The van der Waals surface area contributed by atoms with Crippen LogP contribution in [0, 0.1) is 0 Å². The smallest absolute Gasteiger partial charge is 0.118 e.